The zero-order valence-electron chi connectivity index (χ0n) is 22.4. The van der Waals surface area contributed by atoms with Crippen LogP contribution in [-0.2, 0) is 23.1 Å². The van der Waals surface area contributed by atoms with Crippen LogP contribution in [0.5, 0.6) is 11.5 Å². The zero-order chi connectivity index (χ0) is 28.2. The van der Waals surface area contributed by atoms with E-state index in [1.807, 2.05) is 36.4 Å². The Bertz CT molecular complexity index is 1340. The van der Waals surface area contributed by atoms with Crippen molar-refractivity contribution in [3.8, 4) is 11.5 Å². The van der Waals surface area contributed by atoms with E-state index in [1.165, 1.54) is 17.8 Å². The topological polar surface area (TPSA) is 132 Å². The minimum atomic E-state index is -1.31. The number of hydrogen-bond donors (Lipinski definition) is 4. The third-order valence-corrected chi connectivity index (χ3v) is 6.84. The Kier molecular flexibility index (Phi) is 8.52. The van der Waals surface area contributed by atoms with Gasteiger partial charge in [-0.25, -0.2) is 9.78 Å². The third kappa shape index (κ3) is 7.13. The van der Waals surface area contributed by atoms with Gasteiger partial charge in [0.05, 0.1) is 19.3 Å². The molecule has 0 aliphatic heterocycles. The molecule has 206 valence electrons. The van der Waals surface area contributed by atoms with Crippen molar-refractivity contribution in [1.82, 2.24) is 4.98 Å². The lowest BCUT2D eigenvalue weighted by atomic mass is 9.83. The molecule has 3 aromatic rings. The summed E-state index contributed by atoms with van der Waals surface area (Å²) in [6.45, 7) is 5.52. The monoisotopic (exact) mass is 533 g/mol. The van der Waals surface area contributed by atoms with Gasteiger partial charge < -0.3 is 25.4 Å². The van der Waals surface area contributed by atoms with Crippen LogP contribution in [0.2, 0.25) is 0 Å². The number of pyridine rings is 1. The molecular weight excluding hydrogens is 498 g/mol. The minimum Gasteiger partial charge on any atom is -0.465 e. The maximum atomic E-state index is 13.1. The second-order valence-electron chi connectivity index (χ2n) is 10.9. The lowest BCUT2D eigenvalue weighted by Gasteiger charge is -2.25. The number of carbonyl (C=O) groups excluding carboxylic acids is 1. The van der Waals surface area contributed by atoms with E-state index in [-0.39, 0.29) is 29.6 Å². The first-order valence-electron chi connectivity index (χ1n) is 13.0. The van der Waals surface area contributed by atoms with Crippen LogP contribution in [0.4, 0.5) is 16.3 Å². The van der Waals surface area contributed by atoms with Crippen molar-refractivity contribution in [2.24, 2.45) is 5.92 Å². The van der Waals surface area contributed by atoms with Gasteiger partial charge in [-0.1, -0.05) is 39.0 Å². The summed E-state index contributed by atoms with van der Waals surface area (Å²) in [6, 6.07) is 16.8. The molecule has 1 aromatic heterocycles. The maximum Gasteiger partial charge on any atom is 0.413 e. The number of aryl methyl sites for hydroxylation is 1. The standard InChI is InChI=1S/C30H35N3O6/c1-30(2,3)22-5-4-6-23(15-22)32-28(36)20-8-7-19-9-10-25(14-21(19)13-20)39-26-11-12-31-27(16-26)33(29(37)38)17-24(35)18-34/h4-6,9-12,14-16,20,24,34-35H,7-8,13,17-18H2,1-3H3,(H,32,36)(H,37,38)/t20?,24-/m1/s1. The van der Waals surface area contributed by atoms with Crippen LogP contribution in [-0.4, -0.2) is 51.6 Å². The lowest BCUT2D eigenvalue weighted by molar-refractivity contribution is -0.120. The molecule has 1 heterocycles. The molecular formula is C30H35N3O6. The van der Waals surface area contributed by atoms with Crippen molar-refractivity contribution >= 4 is 23.5 Å². The van der Waals surface area contributed by atoms with Gasteiger partial charge in [0, 0.05) is 23.9 Å². The SMILES string of the molecule is CC(C)(C)c1cccc(NC(=O)C2CCc3ccc(Oc4ccnc(N(C[C@@H](O)CO)C(=O)O)c4)cc3C2)c1. The Morgan fingerprint density at radius 1 is 1.10 bits per heavy atom. The summed E-state index contributed by atoms with van der Waals surface area (Å²) in [5.41, 5.74) is 4.15. The van der Waals surface area contributed by atoms with E-state index in [1.54, 1.807) is 6.07 Å². The first kappa shape index (κ1) is 28.1. The molecule has 1 aliphatic rings. The van der Waals surface area contributed by atoms with Crippen LogP contribution < -0.4 is 15.0 Å². The third-order valence-electron chi connectivity index (χ3n) is 6.84. The molecule has 1 unspecified atom stereocenters. The van der Waals surface area contributed by atoms with E-state index < -0.39 is 18.8 Å². The van der Waals surface area contributed by atoms with Crippen LogP contribution in [0.1, 0.15) is 43.9 Å². The van der Waals surface area contributed by atoms with E-state index in [2.05, 4.69) is 37.1 Å². The number of nitrogens with zero attached hydrogens (tertiary/aromatic N) is 2. The average Bonchev–Trinajstić information content (AvgIpc) is 2.90. The Morgan fingerprint density at radius 2 is 1.87 bits per heavy atom. The highest BCUT2D eigenvalue weighted by Gasteiger charge is 2.26. The lowest BCUT2D eigenvalue weighted by Crippen LogP contribution is -2.38. The molecule has 4 rings (SSSR count). The van der Waals surface area contributed by atoms with E-state index in [4.69, 9.17) is 9.84 Å². The van der Waals surface area contributed by atoms with Crippen molar-refractivity contribution in [2.75, 3.05) is 23.4 Å². The number of nitrogens with one attached hydrogen (secondary N) is 1. The predicted molar refractivity (Wildman–Crippen MR) is 149 cm³/mol. The summed E-state index contributed by atoms with van der Waals surface area (Å²) in [5, 5.41) is 31.4. The van der Waals surface area contributed by atoms with E-state index >= 15 is 0 Å². The van der Waals surface area contributed by atoms with E-state index in [0.717, 1.165) is 34.6 Å². The van der Waals surface area contributed by atoms with Gasteiger partial charge in [-0.15, -0.1) is 0 Å². The quantitative estimate of drug-likeness (QED) is 0.328. The number of carboxylic acid groups (broad SMARTS) is 1. The molecule has 0 saturated carbocycles. The molecule has 0 saturated heterocycles. The number of rotatable bonds is 8. The van der Waals surface area contributed by atoms with Gasteiger partial charge >= 0.3 is 6.09 Å². The second-order valence-corrected chi connectivity index (χ2v) is 10.9. The number of ether oxygens (including phenoxy) is 1. The van der Waals surface area contributed by atoms with Gasteiger partial charge in [0.1, 0.15) is 17.3 Å². The fourth-order valence-corrected chi connectivity index (χ4v) is 4.61. The fraction of sp³-hybridized carbons (Fsp3) is 0.367. The van der Waals surface area contributed by atoms with Crippen LogP contribution in [0.15, 0.2) is 60.8 Å². The summed E-state index contributed by atoms with van der Waals surface area (Å²) >= 11 is 0. The fourth-order valence-electron chi connectivity index (χ4n) is 4.61. The molecule has 2 atom stereocenters. The number of benzene rings is 2. The molecule has 2 aromatic carbocycles. The molecule has 0 radical (unpaired) electrons. The van der Waals surface area contributed by atoms with Crippen molar-refractivity contribution in [3.05, 3.63) is 77.5 Å². The highest BCUT2D eigenvalue weighted by atomic mass is 16.5. The van der Waals surface area contributed by atoms with Crippen LogP contribution in [0, 0.1) is 5.92 Å². The van der Waals surface area contributed by atoms with Gasteiger partial charge in [0.25, 0.3) is 0 Å². The molecule has 0 spiro atoms. The smallest absolute Gasteiger partial charge is 0.413 e. The van der Waals surface area contributed by atoms with Gasteiger partial charge in [0.2, 0.25) is 5.91 Å². The number of hydrogen-bond acceptors (Lipinski definition) is 6. The van der Waals surface area contributed by atoms with Crippen molar-refractivity contribution in [3.63, 3.8) is 0 Å². The average molecular weight is 534 g/mol. The molecule has 39 heavy (non-hydrogen) atoms. The van der Waals surface area contributed by atoms with Crippen LogP contribution >= 0.6 is 0 Å². The van der Waals surface area contributed by atoms with Gasteiger partial charge in [-0.2, -0.15) is 0 Å². The minimum absolute atomic E-state index is 0.00404. The molecule has 0 bridgehead atoms. The van der Waals surface area contributed by atoms with Gasteiger partial charge in [0.15, 0.2) is 0 Å². The van der Waals surface area contributed by atoms with Crippen LogP contribution in [0.3, 0.4) is 0 Å². The summed E-state index contributed by atoms with van der Waals surface area (Å²) in [7, 11) is 0. The van der Waals surface area contributed by atoms with Crippen LogP contribution in [0.25, 0.3) is 0 Å². The summed E-state index contributed by atoms with van der Waals surface area (Å²) in [4.78, 5) is 29.7. The number of carbonyl (C=O) groups is 2. The van der Waals surface area contributed by atoms with Gasteiger partial charge in [-0.3, -0.25) is 9.69 Å². The van der Waals surface area contributed by atoms with E-state index in [9.17, 15) is 19.8 Å². The number of amides is 2. The maximum absolute atomic E-state index is 13.1. The first-order valence-corrected chi connectivity index (χ1v) is 13.0. The Balaban J connectivity index is 1.46. The first-order chi connectivity index (χ1) is 18.5. The molecule has 9 nitrogen and oxygen atoms in total. The normalized spacial score (nSPS) is 15.7. The highest BCUT2D eigenvalue weighted by Crippen LogP contribution is 2.32. The summed E-state index contributed by atoms with van der Waals surface area (Å²) in [5.74, 6) is 0.824. The van der Waals surface area contributed by atoms with Crippen molar-refractivity contribution in [2.45, 2.75) is 51.6 Å². The van der Waals surface area contributed by atoms with Gasteiger partial charge in [-0.05, 0) is 71.7 Å². The van der Waals surface area contributed by atoms with Crippen molar-refractivity contribution in [1.29, 1.82) is 0 Å². The Hall–Kier alpha value is -3.95. The Morgan fingerprint density at radius 3 is 2.59 bits per heavy atom. The molecule has 2 amide bonds. The molecule has 4 N–H and O–H groups in total. The largest absolute Gasteiger partial charge is 0.465 e. The highest BCUT2D eigenvalue weighted by molar-refractivity contribution is 5.93. The number of fused-ring (bicyclic) bond motifs is 1. The summed E-state index contributed by atoms with van der Waals surface area (Å²) in [6.07, 6.45) is 1.01. The predicted octanol–water partition coefficient (Wildman–Crippen LogP) is 4.75. The number of aromatic nitrogens is 1. The van der Waals surface area contributed by atoms with E-state index in [0.29, 0.717) is 17.9 Å². The number of anilines is 2. The Labute approximate surface area is 228 Å². The second kappa shape index (κ2) is 11.8. The molecule has 9 heteroatoms. The zero-order valence-corrected chi connectivity index (χ0v) is 22.4. The molecule has 1 aliphatic carbocycles. The number of aliphatic hydroxyl groups excluding tert-OH is 2. The molecule has 0 fully saturated rings. The summed E-state index contributed by atoms with van der Waals surface area (Å²) < 4.78 is 6.01. The number of aliphatic hydroxyl groups is 2. The van der Waals surface area contributed by atoms with Crippen molar-refractivity contribution < 1.29 is 29.6 Å².